The maximum Gasteiger partial charge on any atom is 0.244 e. The Kier molecular flexibility index (Phi) is 4.98. The Hall–Kier alpha value is -1.86. The number of rotatable bonds is 7. The number of hydrogen-bond donors (Lipinski definition) is 0. The molecule has 0 radical (unpaired) electrons. The third-order valence-corrected chi connectivity index (χ3v) is 4.84. The highest BCUT2D eigenvalue weighted by Crippen LogP contribution is 2.19. The summed E-state index contributed by atoms with van der Waals surface area (Å²) in [5, 5.41) is 0. The summed E-state index contributed by atoms with van der Waals surface area (Å²) < 4.78 is 36.7. The molecule has 21 heavy (non-hydrogen) atoms. The summed E-state index contributed by atoms with van der Waals surface area (Å²) >= 11 is 0. The molecule has 7 heteroatoms. The highest BCUT2D eigenvalue weighted by atomic mass is 32.2. The maximum absolute atomic E-state index is 12.6. The molecule has 0 saturated carbocycles. The van der Waals surface area contributed by atoms with E-state index in [9.17, 15) is 8.42 Å². The van der Waals surface area contributed by atoms with Crippen molar-refractivity contribution in [1.82, 2.24) is 9.29 Å². The number of furan rings is 1. The molecule has 0 spiro atoms. The molecule has 0 amide bonds. The second kappa shape index (κ2) is 6.73. The molecule has 0 aliphatic carbocycles. The van der Waals surface area contributed by atoms with Crippen molar-refractivity contribution >= 4 is 10.0 Å². The second-order valence-electron chi connectivity index (χ2n) is 4.33. The normalized spacial score (nSPS) is 11.8. The van der Waals surface area contributed by atoms with Crippen LogP contribution in [-0.2, 0) is 16.6 Å². The molecule has 2 aromatic rings. The second-order valence-corrected chi connectivity index (χ2v) is 6.27. The van der Waals surface area contributed by atoms with Crippen LogP contribution in [0.15, 0.2) is 46.2 Å². The molecule has 0 aromatic carbocycles. The van der Waals surface area contributed by atoms with Gasteiger partial charge in [-0.25, -0.2) is 13.4 Å². The van der Waals surface area contributed by atoms with Crippen LogP contribution in [0.3, 0.4) is 0 Å². The maximum atomic E-state index is 12.6. The van der Waals surface area contributed by atoms with Crippen LogP contribution in [0.4, 0.5) is 0 Å². The van der Waals surface area contributed by atoms with Crippen LogP contribution in [0.5, 0.6) is 5.88 Å². The molecule has 0 unspecified atom stereocenters. The van der Waals surface area contributed by atoms with Gasteiger partial charge in [0.2, 0.25) is 15.9 Å². The monoisotopic (exact) mass is 310 g/mol. The topological polar surface area (TPSA) is 72.6 Å². The summed E-state index contributed by atoms with van der Waals surface area (Å²) in [5.74, 6) is 0.411. The van der Waals surface area contributed by atoms with E-state index in [4.69, 9.17) is 9.15 Å². The molecule has 2 heterocycles. The summed E-state index contributed by atoms with van der Waals surface area (Å²) in [6.45, 7) is 4.75. The molecule has 2 rings (SSSR count). The highest BCUT2D eigenvalue weighted by Gasteiger charge is 2.24. The third kappa shape index (κ3) is 3.62. The van der Waals surface area contributed by atoms with Crippen molar-refractivity contribution < 1.29 is 17.6 Å². The van der Waals surface area contributed by atoms with Crippen molar-refractivity contribution in [2.24, 2.45) is 0 Å². The van der Waals surface area contributed by atoms with Crippen molar-refractivity contribution in [3.8, 4) is 5.88 Å². The van der Waals surface area contributed by atoms with Gasteiger partial charge in [0.05, 0.1) is 25.3 Å². The van der Waals surface area contributed by atoms with E-state index in [1.54, 1.807) is 19.1 Å². The minimum absolute atomic E-state index is 0.149. The third-order valence-electron chi connectivity index (χ3n) is 2.93. The van der Waals surface area contributed by atoms with Crippen LogP contribution in [0, 0.1) is 0 Å². The lowest BCUT2D eigenvalue weighted by Gasteiger charge is -2.19. The quantitative estimate of drug-likeness (QED) is 0.784. The van der Waals surface area contributed by atoms with E-state index >= 15 is 0 Å². The van der Waals surface area contributed by atoms with Gasteiger partial charge < -0.3 is 9.15 Å². The van der Waals surface area contributed by atoms with Gasteiger partial charge in [-0.3, -0.25) is 0 Å². The summed E-state index contributed by atoms with van der Waals surface area (Å²) in [5.41, 5.74) is 0.805. The SMILES string of the molecule is CCOc1ccc(S(=O)(=O)N(CC)Cc2ccoc2)cn1. The van der Waals surface area contributed by atoms with Crippen molar-refractivity contribution in [3.63, 3.8) is 0 Å². The van der Waals surface area contributed by atoms with E-state index in [-0.39, 0.29) is 11.4 Å². The molecule has 0 N–H and O–H groups in total. The Balaban J connectivity index is 2.22. The fraction of sp³-hybridized carbons (Fsp3) is 0.357. The van der Waals surface area contributed by atoms with Gasteiger partial charge in [0.15, 0.2) is 0 Å². The number of aromatic nitrogens is 1. The number of nitrogens with zero attached hydrogens (tertiary/aromatic N) is 2. The van der Waals surface area contributed by atoms with E-state index in [0.29, 0.717) is 19.0 Å². The van der Waals surface area contributed by atoms with Crippen LogP contribution in [0.25, 0.3) is 0 Å². The van der Waals surface area contributed by atoms with Crippen molar-refractivity contribution in [2.75, 3.05) is 13.2 Å². The Bertz CT molecular complexity index is 651. The number of ether oxygens (including phenoxy) is 1. The van der Waals surface area contributed by atoms with Gasteiger partial charge >= 0.3 is 0 Å². The molecule has 0 aliphatic heterocycles. The minimum Gasteiger partial charge on any atom is -0.478 e. The first kappa shape index (κ1) is 15.5. The van der Waals surface area contributed by atoms with Gasteiger partial charge in [-0.05, 0) is 19.1 Å². The van der Waals surface area contributed by atoms with E-state index in [2.05, 4.69) is 4.98 Å². The van der Waals surface area contributed by atoms with Crippen LogP contribution in [0.2, 0.25) is 0 Å². The Morgan fingerprint density at radius 2 is 2.10 bits per heavy atom. The van der Waals surface area contributed by atoms with Gasteiger partial charge in [0.25, 0.3) is 0 Å². The molecular weight excluding hydrogens is 292 g/mol. The zero-order chi connectivity index (χ0) is 15.3. The standard InChI is InChI=1S/C14H18N2O4S/c1-3-16(10-12-7-8-19-11-12)21(17,18)13-5-6-14(15-9-13)20-4-2/h5-9,11H,3-4,10H2,1-2H3. The molecular formula is C14H18N2O4S. The van der Waals surface area contributed by atoms with E-state index in [1.807, 2.05) is 6.92 Å². The minimum atomic E-state index is -3.59. The first-order valence-corrected chi connectivity index (χ1v) is 8.12. The molecule has 0 fully saturated rings. The predicted molar refractivity (Wildman–Crippen MR) is 77.4 cm³/mol. The van der Waals surface area contributed by atoms with E-state index in [1.165, 1.54) is 29.1 Å². The molecule has 6 nitrogen and oxygen atoms in total. The van der Waals surface area contributed by atoms with E-state index < -0.39 is 10.0 Å². The molecule has 114 valence electrons. The molecule has 0 aliphatic rings. The number of hydrogen-bond acceptors (Lipinski definition) is 5. The van der Waals surface area contributed by atoms with Crippen molar-refractivity contribution in [3.05, 3.63) is 42.5 Å². The highest BCUT2D eigenvalue weighted by molar-refractivity contribution is 7.89. The molecule has 2 aromatic heterocycles. The summed E-state index contributed by atoms with van der Waals surface area (Å²) in [7, 11) is -3.59. The Morgan fingerprint density at radius 1 is 1.29 bits per heavy atom. The summed E-state index contributed by atoms with van der Waals surface area (Å²) in [6.07, 6.45) is 4.38. The van der Waals surface area contributed by atoms with Gasteiger partial charge in [-0.2, -0.15) is 4.31 Å². The van der Waals surface area contributed by atoms with Gasteiger partial charge in [0.1, 0.15) is 4.90 Å². The Morgan fingerprint density at radius 3 is 2.62 bits per heavy atom. The predicted octanol–water partition coefficient (Wildman–Crippen LogP) is 2.28. The first-order chi connectivity index (χ1) is 10.1. The molecule has 0 saturated heterocycles. The van der Waals surface area contributed by atoms with Crippen LogP contribution in [0.1, 0.15) is 19.4 Å². The fourth-order valence-corrected chi connectivity index (χ4v) is 3.24. The average Bonchev–Trinajstić information content (AvgIpc) is 2.98. The lowest BCUT2D eigenvalue weighted by atomic mass is 10.3. The van der Waals surface area contributed by atoms with Gasteiger partial charge in [0, 0.05) is 24.7 Å². The smallest absolute Gasteiger partial charge is 0.244 e. The lowest BCUT2D eigenvalue weighted by Crippen LogP contribution is -2.30. The zero-order valence-electron chi connectivity index (χ0n) is 12.0. The number of pyridine rings is 1. The van der Waals surface area contributed by atoms with Crippen LogP contribution < -0.4 is 4.74 Å². The molecule has 0 atom stereocenters. The fourth-order valence-electron chi connectivity index (χ4n) is 1.85. The summed E-state index contributed by atoms with van der Waals surface area (Å²) in [4.78, 5) is 4.15. The molecule has 0 bridgehead atoms. The average molecular weight is 310 g/mol. The van der Waals surface area contributed by atoms with Crippen molar-refractivity contribution in [2.45, 2.75) is 25.3 Å². The van der Waals surface area contributed by atoms with Gasteiger partial charge in [-0.1, -0.05) is 6.92 Å². The Labute approximate surface area is 124 Å². The zero-order valence-corrected chi connectivity index (χ0v) is 12.8. The largest absolute Gasteiger partial charge is 0.478 e. The lowest BCUT2D eigenvalue weighted by molar-refractivity contribution is 0.326. The van der Waals surface area contributed by atoms with E-state index in [0.717, 1.165) is 5.56 Å². The first-order valence-electron chi connectivity index (χ1n) is 6.68. The van der Waals surface area contributed by atoms with Gasteiger partial charge in [-0.15, -0.1) is 0 Å². The number of sulfonamides is 1. The van der Waals surface area contributed by atoms with Crippen LogP contribution >= 0.6 is 0 Å². The summed E-state index contributed by atoms with van der Waals surface area (Å²) in [6, 6.07) is 4.81. The van der Waals surface area contributed by atoms with Crippen molar-refractivity contribution in [1.29, 1.82) is 0 Å². The van der Waals surface area contributed by atoms with Crippen LogP contribution in [-0.4, -0.2) is 30.9 Å².